The second-order valence-corrected chi connectivity index (χ2v) is 5.94. The Kier molecular flexibility index (Phi) is 3.82. The summed E-state index contributed by atoms with van der Waals surface area (Å²) in [5, 5.41) is 0. The van der Waals surface area contributed by atoms with Gasteiger partial charge in [-0.05, 0) is 38.1 Å². The molecule has 0 bridgehead atoms. The van der Waals surface area contributed by atoms with Crippen molar-refractivity contribution in [2.45, 2.75) is 25.0 Å². The van der Waals surface area contributed by atoms with Crippen LogP contribution in [-0.4, -0.2) is 60.2 Å². The minimum absolute atomic E-state index is 0.0630. The first-order valence-corrected chi connectivity index (χ1v) is 7.20. The zero-order chi connectivity index (χ0) is 13.1. The van der Waals surface area contributed by atoms with E-state index < -0.39 is 0 Å². The molecule has 19 heavy (non-hydrogen) atoms. The Labute approximate surface area is 115 Å². The number of aromatic nitrogens is 1. The summed E-state index contributed by atoms with van der Waals surface area (Å²) in [4.78, 5) is 9.11. The van der Waals surface area contributed by atoms with Crippen LogP contribution in [0.15, 0.2) is 24.5 Å². The Balaban J connectivity index is 1.64. The number of morpholine rings is 1. The standard InChI is InChI=1S/C15H23N3O/c1-17-7-3-5-15(12-17)13-18(8-9-19-15)11-14-4-2-6-16-10-14/h2,4,6,10H,3,5,7-9,11-13H2,1H3/t15-/m0/s1. The number of likely N-dealkylation sites (tertiary alicyclic amines) is 1. The fraction of sp³-hybridized carbons (Fsp3) is 0.667. The van der Waals surface area contributed by atoms with E-state index in [0.29, 0.717) is 0 Å². The van der Waals surface area contributed by atoms with E-state index in [1.54, 1.807) is 0 Å². The largest absolute Gasteiger partial charge is 0.371 e. The molecule has 2 fully saturated rings. The van der Waals surface area contributed by atoms with Gasteiger partial charge in [0.25, 0.3) is 0 Å². The van der Waals surface area contributed by atoms with Crippen molar-refractivity contribution in [1.82, 2.24) is 14.8 Å². The fourth-order valence-electron chi connectivity index (χ4n) is 3.38. The smallest absolute Gasteiger partial charge is 0.0935 e. The van der Waals surface area contributed by atoms with Gasteiger partial charge in [-0.3, -0.25) is 9.88 Å². The number of ether oxygens (including phenoxy) is 1. The van der Waals surface area contributed by atoms with Crippen LogP contribution in [0.3, 0.4) is 0 Å². The number of rotatable bonds is 2. The van der Waals surface area contributed by atoms with Crippen LogP contribution in [0.4, 0.5) is 0 Å². The van der Waals surface area contributed by atoms with Gasteiger partial charge in [0.05, 0.1) is 12.2 Å². The summed E-state index contributed by atoms with van der Waals surface area (Å²) in [6.45, 7) is 6.19. The molecule has 3 rings (SSSR count). The molecule has 0 N–H and O–H groups in total. The van der Waals surface area contributed by atoms with Gasteiger partial charge >= 0.3 is 0 Å². The monoisotopic (exact) mass is 261 g/mol. The third-order valence-corrected chi connectivity index (χ3v) is 4.19. The van der Waals surface area contributed by atoms with Crippen LogP contribution in [0.5, 0.6) is 0 Å². The van der Waals surface area contributed by atoms with Gasteiger partial charge in [-0.15, -0.1) is 0 Å². The minimum Gasteiger partial charge on any atom is -0.371 e. The summed E-state index contributed by atoms with van der Waals surface area (Å²) in [5.74, 6) is 0. The van der Waals surface area contributed by atoms with Gasteiger partial charge in [-0.1, -0.05) is 6.07 Å². The molecule has 0 amide bonds. The van der Waals surface area contributed by atoms with Crippen molar-refractivity contribution in [3.05, 3.63) is 30.1 Å². The molecule has 4 heteroatoms. The molecule has 1 aromatic heterocycles. The van der Waals surface area contributed by atoms with Gasteiger partial charge in [0.1, 0.15) is 0 Å². The maximum atomic E-state index is 6.15. The van der Waals surface area contributed by atoms with Gasteiger partial charge in [-0.2, -0.15) is 0 Å². The molecule has 0 saturated carbocycles. The number of piperidine rings is 1. The van der Waals surface area contributed by atoms with Crippen molar-refractivity contribution >= 4 is 0 Å². The highest BCUT2D eigenvalue weighted by Crippen LogP contribution is 2.28. The van der Waals surface area contributed by atoms with Crippen LogP contribution >= 0.6 is 0 Å². The first-order valence-electron chi connectivity index (χ1n) is 7.20. The average Bonchev–Trinajstić information content (AvgIpc) is 2.39. The molecule has 0 aliphatic carbocycles. The lowest BCUT2D eigenvalue weighted by Gasteiger charge is -2.47. The van der Waals surface area contributed by atoms with Crippen LogP contribution in [0.1, 0.15) is 18.4 Å². The van der Waals surface area contributed by atoms with Crippen LogP contribution < -0.4 is 0 Å². The summed E-state index contributed by atoms with van der Waals surface area (Å²) < 4.78 is 6.15. The molecule has 2 aliphatic rings. The number of nitrogens with zero attached hydrogens (tertiary/aromatic N) is 3. The Bertz CT molecular complexity index is 407. The fourth-order valence-corrected chi connectivity index (χ4v) is 3.38. The Morgan fingerprint density at radius 2 is 2.32 bits per heavy atom. The van der Waals surface area contributed by atoms with Gasteiger partial charge in [-0.25, -0.2) is 0 Å². The van der Waals surface area contributed by atoms with Gasteiger partial charge in [0, 0.05) is 38.6 Å². The Morgan fingerprint density at radius 3 is 3.11 bits per heavy atom. The van der Waals surface area contributed by atoms with E-state index in [0.717, 1.165) is 32.8 Å². The van der Waals surface area contributed by atoms with Gasteiger partial charge in [0.15, 0.2) is 0 Å². The number of pyridine rings is 1. The molecule has 3 heterocycles. The van der Waals surface area contributed by atoms with E-state index in [9.17, 15) is 0 Å². The van der Waals surface area contributed by atoms with Gasteiger partial charge < -0.3 is 9.64 Å². The highest BCUT2D eigenvalue weighted by molar-refractivity contribution is 5.08. The molecule has 1 atom stereocenters. The minimum atomic E-state index is 0.0630. The van der Waals surface area contributed by atoms with E-state index in [2.05, 4.69) is 27.9 Å². The van der Waals surface area contributed by atoms with Crippen molar-refractivity contribution in [2.75, 3.05) is 39.8 Å². The molecule has 1 aromatic rings. The van der Waals surface area contributed by atoms with Crippen molar-refractivity contribution < 1.29 is 4.74 Å². The lowest BCUT2D eigenvalue weighted by atomic mass is 9.91. The average molecular weight is 261 g/mol. The van der Waals surface area contributed by atoms with Crippen LogP contribution in [0.25, 0.3) is 0 Å². The van der Waals surface area contributed by atoms with E-state index in [-0.39, 0.29) is 5.60 Å². The van der Waals surface area contributed by atoms with E-state index >= 15 is 0 Å². The van der Waals surface area contributed by atoms with Crippen molar-refractivity contribution in [2.24, 2.45) is 0 Å². The van der Waals surface area contributed by atoms with Crippen molar-refractivity contribution in [3.63, 3.8) is 0 Å². The second kappa shape index (κ2) is 5.57. The number of hydrogen-bond acceptors (Lipinski definition) is 4. The number of hydrogen-bond donors (Lipinski definition) is 0. The van der Waals surface area contributed by atoms with E-state index in [4.69, 9.17) is 4.74 Å². The molecule has 0 radical (unpaired) electrons. The zero-order valence-corrected chi connectivity index (χ0v) is 11.7. The Morgan fingerprint density at radius 1 is 1.37 bits per heavy atom. The molecule has 0 unspecified atom stereocenters. The maximum absolute atomic E-state index is 6.15. The predicted octanol–water partition coefficient (Wildman–Crippen LogP) is 1.38. The molecule has 104 valence electrons. The molecular weight excluding hydrogens is 238 g/mol. The zero-order valence-electron chi connectivity index (χ0n) is 11.7. The maximum Gasteiger partial charge on any atom is 0.0935 e. The number of likely N-dealkylation sites (N-methyl/N-ethyl adjacent to an activating group) is 1. The quantitative estimate of drug-likeness (QED) is 0.804. The topological polar surface area (TPSA) is 28.6 Å². The molecule has 2 aliphatic heterocycles. The molecule has 4 nitrogen and oxygen atoms in total. The van der Waals surface area contributed by atoms with E-state index in [1.807, 2.05) is 18.5 Å². The van der Waals surface area contributed by atoms with Crippen LogP contribution in [0, 0.1) is 0 Å². The summed E-state index contributed by atoms with van der Waals surface area (Å²) in [6, 6.07) is 4.17. The van der Waals surface area contributed by atoms with Crippen LogP contribution in [-0.2, 0) is 11.3 Å². The second-order valence-electron chi connectivity index (χ2n) is 5.94. The van der Waals surface area contributed by atoms with Crippen molar-refractivity contribution in [3.8, 4) is 0 Å². The lowest BCUT2D eigenvalue weighted by molar-refractivity contribution is -0.138. The van der Waals surface area contributed by atoms with Gasteiger partial charge in [0.2, 0.25) is 0 Å². The molecule has 2 saturated heterocycles. The predicted molar refractivity (Wildman–Crippen MR) is 74.9 cm³/mol. The lowest BCUT2D eigenvalue weighted by Crippen LogP contribution is -2.58. The van der Waals surface area contributed by atoms with Crippen molar-refractivity contribution in [1.29, 1.82) is 0 Å². The van der Waals surface area contributed by atoms with Crippen LogP contribution in [0.2, 0.25) is 0 Å². The molecule has 0 aromatic carbocycles. The SMILES string of the molecule is CN1CCC[C@]2(C1)CN(Cc1cccnc1)CCO2. The highest BCUT2D eigenvalue weighted by Gasteiger charge is 2.39. The molecule has 1 spiro atoms. The first kappa shape index (κ1) is 13.0. The summed E-state index contributed by atoms with van der Waals surface area (Å²) in [7, 11) is 2.20. The molecular formula is C15H23N3O. The first-order chi connectivity index (χ1) is 9.26. The third kappa shape index (κ3) is 3.14. The summed E-state index contributed by atoms with van der Waals surface area (Å²) >= 11 is 0. The normalized spacial score (nSPS) is 29.7. The summed E-state index contributed by atoms with van der Waals surface area (Å²) in [6.07, 6.45) is 6.24. The summed E-state index contributed by atoms with van der Waals surface area (Å²) in [5.41, 5.74) is 1.36. The Hall–Kier alpha value is -0.970. The third-order valence-electron chi connectivity index (χ3n) is 4.19. The van der Waals surface area contributed by atoms with E-state index in [1.165, 1.54) is 24.9 Å². The highest BCUT2D eigenvalue weighted by atomic mass is 16.5.